The lowest BCUT2D eigenvalue weighted by molar-refractivity contribution is -0.120. The standard InChI is InChI=1S/C14H15BrClNO2/c1-3-9-5-11(4-8(2)13(9)15)17-7-10(14(16)19)6-12(17)18/h4-5,10H,3,6-7H2,1-2H3. The van der Waals surface area contributed by atoms with E-state index in [0.717, 1.165) is 27.7 Å². The SMILES string of the molecule is CCc1cc(N2CC(C(=O)Cl)CC2=O)cc(C)c1Br. The molecule has 1 fully saturated rings. The average molecular weight is 345 g/mol. The Labute approximate surface area is 126 Å². The summed E-state index contributed by atoms with van der Waals surface area (Å²) < 4.78 is 1.08. The highest BCUT2D eigenvalue weighted by atomic mass is 79.9. The Morgan fingerprint density at radius 1 is 1.53 bits per heavy atom. The van der Waals surface area contributed by atoms with Crippen molar-refractivity contribution in [1.29, 1.82) is 0 Å². The van der Waals surface area contributed by atoms with Crippen LogP contribution in [-0.2, 0) is 16.0 Å². The molecule has 102 valence electrons. The molecular formula is C14H15BrClNO2. The molecule has 2 rings (SSSR count). The highest BCUT2D eigenvalue weighted by Crippen LogP contribution is 2.32. The molecule has 1 atom stereocenters. The van der Waals surface area contributed by atoms with Crippen LogP contribution in [0.5, 0.6) is 0 Å². The summed E-state index contributed by atoms with van der Waals surface area (Å²) in [5.41, 5.74) is 3.09. The van der Waals surface area contributed by atoms with Gasteiger partial charge in [0, 0.05) is 23.1 Å². The number of carbonyl (C=O) groups is 2. The Morgan fingerprint density at radius 3 is 2.74 bits per heavy atom. The molecule has 1 unspecified atom stereocenters. The topological polar surface area (TPSA) is 37.4 Å². The molecule has 0 N–H and O–H groups in total. The lowest BCUT2D eigenvalue weighted by atomic mass is 10.1. The minimum absolute atomic E-state index is 0.0391. The monoisotopic (exact) mass is 343 g/mol. The number of aryl methyl sites for hydroxylation is 2. The zero-order chi connectivity index (χ0) is 14.2. The van der Waals surface area contributed by atoms with Crippen LogP contribution in [0.4, 0.5) is 5.69 Å². The first-order valence-corrected chi connectivity index (χ1v) is 7.39. The number of carbonyl (C=O) groups excluding carboxylic acids is 2. The summed E-state index contributed by atoms with van der Waals surface area (Å²) in [4.78, 5) is 24.8. The maximum absolute atomic E-state index is 12.0. The number of hydrogen-bond acceptors (Lipinski definition) is 2. The minimum Gasteiger partial charge on any atom is -0.312 e. The number of amides is 1. The molecule has 0 bridgehead atoms. The van der Waals surface area contributed by atoms with Crippen LogP contribution in [0.1, 0.15) is 24.5 Å². The van der Waals surface area contributed by atoms with E-state index in [-0.39, 0.29) is 18.2 Å². The maximum atomic E-state index is 12.0. The van der Waals surface area contributed by atoms with E-state index < -0.39 is 5.24 Å². The average Bonchev–Trinajstić information content (AvgIpc) is 2.75. The zero-order valence-corrected chi connectivity index (χ0v) is 13.2. The zero-order valence-electron chi connectivity index (χ0n) is 10.9. The lowest BCUT2D eigenvalue weighted by Crippen LogP contribution is -2.25. The van der Waals surface area contributed by atoms with Crippen molar-refractivity contribution >= 4 is 44.4 Å². The van der Waals surface area contributed by atoms with Gasteiger partial charge in [0.2, 0.25) is 11.1 Å². The highest BCUT2D eigenvalue weighted by molar-refractivity contribution is 9.10. The first-order valence-electron chi connectivity index (χ1n) is 6.22. The van der Waals surface area contributed by atoms with Crippen LogP contribution >= 0.6 is 27.5 Å². The number of benzene rings is 1. The molecule has 1 saturated heterocycles. The van der Waals surface area contributed by atoms with E-state index in [0.29, 0.717) is 6.54 Å². The van der Waals surface area contributed by atoms with Gasteiger partial charge >= 0.3 is 0 Å². The van der Waals surface area contributed by atoms with Crippen LogP contribution < -0.4 is 4.90 Å². The first-order chi connectivity index (χ1) is 8.93. The molecule has 0 saturated carbocycles. The summed E-state index contributed by atoms with van der Waals surface area (Å²) in [6.07, 6.45) is 1.09. The summed E-state index contributed by atoms with van der Waals surface area (Å²) in [5, 5.41) is -0.430. The van der Waals surface area contributed by atoms with E-state index in [2.05, 4.69) is 22.9 Å². The van der Waals surface area contributed by atoms with Crippen molar-refractivity contribution in [2.24, 2.45) is 5.92 Å². The van der Waals surface area contributed by atoms with Gasteiger partial charge < -0.3 is 4.90 Å². The number of anilines is 1. The largest absolute Gasteiger partial charge is 0.312 e. The predicted octanol–water partition coefficient (Wildman–Crippen LogP) is 3.44. The maximum Gasteiger partial charge on any atom is 0.227 e. The summed E-state index contributed by atoms with van der Waals surface area (Å²) in [7, 11) is 0. The molecule has 1 aromatic carbocycles. The Hall–Kier alpha value is -0.870. The summed E-state index contributed by atoms with van der Waals surface area (Å²) >= 11 is 9.05. The van der Waals surface area contributed by atoms with Crippen LogP contribution in [0.3, 0.4) is 0 Å². The number of nitrogens with zero attached hydrogens (tertiary/aromatic N) is 1. The van der Waals surface area contributed by atoms with E-state index in [1.54, 1.807) is 4.90 Å². The lowest BCUT2D eigenvalue weighted by Gasteiger charge is -2.19. The quantitative estimate of drug-likeness (QED) is 0.788. The fraction of sp³-hybridized carbons (Fsp3) is 0.429. The van der Waals surface area contributed by atoms with E-state index in [1.165, 1.54) is 0 Å². The first kappa shape index (κ1) is 14.5. The molecular weight excluding hydrogens is 330 g/mol. The summed E-state index contributed by atoms with van der Waals surface area (Å²) in [6, 6.07) is 3.96. The van der Waals surface area contributed by atoms with Gasteiger partial charge in [-0.15, -0.1) is 0 Å². The number of rotatable bonds is 3. The molecule has 1 aliphatic rings. The molecule has 3 nitrogen and oxygen atoms in total. The van der Waals surface area contributed by atoms with E-state index in [4.69, 9.17) is 11.6 Å². The van der Waals surface area contributed by atoms with Crippen molar-refractivity contribution in [1.82, 2.24) is 0 Å². The van der Waals surface area contributed by atoms with Gasteiger partial charge in [-0.1, -0.05) is 22.9 Å². The van der Waals surface area contributed by atoms with Crippen LogP contribution in [0.15, 0.2) is 16.6 Å². The van der Waals surface area contributed by atoms with E-state index in [9.17, 15) is 9.59 Å². The smallest absolute Gasteiger partial charge is 0.227 e. The van der Waals surface area contributed by atoms with Crippen molar-refractivity contribution in [3.63, 3.8) is 0 Å². The Balaban J connectivity index is 2.35. The van der Waals surface area contributed by atoms with Crippen LogP contribution in [0, 0.1) is 12.8 Å². The van der Waals surface area contributed by atoms with E-state index in [1.807, 2.05) is 19.1 Å². The molecule has 0 radical (unpaired) electrons. The van der Waals surface area contributed by atoms with Gasteiger partial charge in [-0.3, -0.25) is 9.59 Å². The predicted molar refractivity (Wildman–Crippen MR) is 79.6 cm³/mol. The van der Waals surface area contributed by atoms with Crippen LogP contribution in [0.25, 0.3) is 0 Å². The van der Waals surface area contributed by atoms with Crippen molar-refractivity contribution in [3.8, 4) is 0 Å². The molecule has 0 aromatic heterocycles. The van der Waals surface area contributed by atoms with E-state index >= 15 is 0 Å². The third-order valence-corrected chi connectivity index (χ3v) is 4.90. The van der Waals surface area contributed by atoms with Gasteiger partial charge in [-0.05, 0) is 48.2 Å². The Morgan fingerprint density at radius 2 is 2.21 bits per heavy atom. The highest BCUT2D eigenvalue weighted by Gasteiger charge is 2.34. The fourth-order valence-electron chi connectivity index (χ4n) is 2.34. The van der Waals surface area contributed by atoms with Gasteiger partial charge in [0.25, 0.3) is 0 Å². The van der Waals surface area contributed by atoms with Crippen LogP contribution in [-0.4, -0.2) is 17.7 Å². The molecule has 0 spiro atoms. The Kier molecular flexibility index (Phi) is 4.31. The molecule has 1 aromatic rings. The molecule has 1 heterocycles. The van der Waals surface area contributed by atoms with Crippen molar-refractivity contribution in [2.45, 2.75) is 26.7 Å². The van der Waals surface area contributed by atoms with Crippen molar-refractivity contribution < 1.29 is 9.59 Å². The fourth-order valence-corrected chi connectivity index (χ4v) is 3.00. The second-order valence-corrected chi connectivity index (χ2v) is 5.96. The summed E-state index contributed by atoms with van der Waals surface area (Å²) in [5.74, 6) is -0.425. The van der Waals surface area contributed by atoms with Gasteiger partial charge in [0.1, 0.15) is 0 Å². The third kappa shape index (κ3) is 2.84. The molecule has 1 amide bonds. The van der Waals surface area contributed by atoms with Crippen molar-refractivity contribution in [3.05, 3.63) is 27.7 Å². The van der Waals surface area contributed by atoms with Gasteiger partial charge in [-0.2, -0.15) is 0 Å². The second-order valence-electron chi connectivity index (χ2n) is 4.80. The second kappa shape index (κ2) is 5.63. The molecule has 19 heavy (non-hydrogen) atoms. The minimum atomic E-state index is -0.430. The van der Waals surface area contributed by atoms with Crippen LogP contribution in [0.2, 0.25) is 0 Å². The third-order valence-electron chi connectivity index (χ3n) is 3.45. The molecule has 5 heteroatoms. The van der Waals surface area contributed by atoms with Gasteiger partial charge in [0.15, 0.2) is 0 Å². The Bertz CT molecular complexity index is 544. The number of halogens is 2. The number of hydrogen-bond donors (Lipinski definition) is 0. The van der Waals surface area contributed by atoms with Gasteiger partial charge in [0.05, 0.1) is 5.92 Å². The normalized spacial score (nSPS) is 19.1. The van der Waals surface area contributed by atoms with Gasteiger partial charge in [-0.25, -0.2) is 0 Å². The molecule has 0 aliphatic carbocycles. The summed E-state index contributed by atoms with van der Waals surface area (Å²) in [6.45, 7) is 4.45. The van der Waals surface area contributed by atoms with Crippen molar-refractivity contribution in [2.75, 3.05) is 11.4 Å². The molecule has 1 aliphatic heterocycles.